The van der Waals surface area contributed by atoms with Gasteiger partial charge >= 0.3 is 0 Å². The first-order chi connectivity index (χ1) is 9.62. The van der Waals surface area contributed by atoms with Gasteiger partial charge in [0.25, 0.3) is 0 Å². The van der Waals surface area contributed by atoms with Gasteiger partial charge < -0.3 is 4.74 Å². The summed E-state index contributed by atoms with van der Waals surface area (Å²) in [7, 11) is 0. The smallest absolute Gasteiger partial charge is 0.224 e. The lowest BCUT2D eigenvalue weighted by atomic mass is 9.99. The summed E-state index contributed by atoms with van der Waals surface area (Å²) in [4.78, 5) is 8.35. The van der Waals surface area contributed by atoms with E-state index in [9.17, 15) is 0 Å². The van der Waals surface area contributed by atoms with E-state index in [1.54, 1.807) is 6.07 Å². The zero-order valence-corrected chi connectivity index (χ0v) is 13.3. The van der Waals surface area contributed by atoms with Crippen molar-refractivity contribution in [2.45, 2.75) is 31.3 Å². The van der Waals surface area contributed by atoms with Gasteiger partial charge in [-0.15, -0.1) is 0 Å². The van der Waals surface area contributed by atoms with E-state index >= 15 is 0 Å². The summed E-state index contributed by atoms with van der Waals surface area (Å²) in [5, 5.41) is 0.985. The highest BCUT2D eigenvalue weighted by molar-refractivity contribution is 7.98. The summed E-state index contributed by atoms with van der Waals surface area (Å²) < 4.78 is 5.72. The van der Waals surface area contributed by atoms with E-state index in [1.807, 2.05) is 18.4 Å². The molecule has 0 radical (unpaired) electrons. The summed E-state index contributed by atoms with van der Waals surface area (Å²) in [5.74, 6) is 1.77. The number of ether oxygens (including phenoxy) is 1. The van der Waals surface area contributed by atoms with Crippen LogP contribution >= 0.6 is 23.4 Å². The fraction of sp³-hybridized carbons (Fsp3) is 0.333. The SMILES string of the molecule is CCC(C)c1ccc(Oc2cc(Cl)nc(SC)n2)cc1. The molecule has 2 aromatic rings. The van der Waals surface area contributed by atoms with Gasteiger partial charge in [0, 0.05) is 6.07 Å². The average molecular weight is 309 g/mol. The number of aromatic nitrogens is 2. The zero-order chi connectivity index (χ0) is 14.5. The molecule has 1 aromatic carbocycles. The average Bonchev–Trinajstić information content (AvgIpc) is 2.46. The van der Waals surface area contributed by atoms with Crippen molar-refractivity contribution in [2.24, 2.45) is 0 Å². The molecule has 0 saturated heterocycles. The first kappa shape index (κ1) is 15.1. The molecule has 0 amide bonds. The van der Waals surface area contributed by atoms with Gasteiger partial charge in [-0.2, -0.15) is 4.98 Å². The highest BCUT2D eigenvalue weighted by Gasteiger charge is 2.06. The Morgan fingerprint density at radius 2 is 1.95 bits per heavy atom. The van der Waals surface area contributed by atoms with E-state index in [2.05, 4.69) is 35.9 Å². The van der Waals surface area contributed by atoms with Crippen molar-refractivity contribution in [3.8, 4) is 11.6 Å². The molecule has 1 heterocycles. The van der Waals surface area contributed by atoms with Crippen molar-refractivity contribution in [3.05, 3.63) is 41.0 Å². The summed E-state index contributed by atoms with van der Waals surface area (Å²) in [6, 6.07) is 9.69. The molecule has 1 atom stereocenters. The summed E-state index contributed by atoms with van der Waals surface area (Å²) in [5.41, 5.74) is 1.31. The van der Waals surface area contributed by atoms with E-state index < -0.39 is 0 Å². The minimum atomic E-state index is 0.385. The summed E-state index contributed by atoms with van der Waals surface area (Å²) in [6.45, 7) is 4.40. The Morgan fingerprint density at radius 3 is 2.55 bits per heavy atom. The largest absolute Gasteiger partial charge is 0.439 e. The van der Waals surface area contributed by atoms with Crippen LogP contribution in [0, 0.1) is 0 Å². The lowest BCUT2D eigenvalue weighted by Crippen LogP contribution is -1.94. The standard InChI is InChI=1S/C15H17ClN2OS/c1-4-10(2)11-5-7-12(8-6-11)19-14-9-13(16)17-15(18-14)20-3/h5-10H,4H2,1-3H3. The number of thioether (sulfide) groups is 1. The quantitative estimate of drug-likeness (QED) is 0.434. The number of rotatable bonds is 5. The third kappa shape index (κ3) is 3.87. The number of hydrogen-bond donors (Lipinski definition) is 0. The van der Waals surface area contributed by atoms with Crippen LogP contribution in [0.4, 0.5) is 0 Å². The summed E-state index contributed by atoms with van der Waals surface area (Å²) in [6.07, 6.45) is 3.02. The van der Waals surface area contributed by atoms with Crippen molar-refractivity contribution in [2.75, 3.05) is 6.26 Å². The molecule has 0 N–H and O–H groups in total. The van der Waals surface area contributed by atoms with E-state index in [0.717, 1.165) is 12.2 Å². The Kier molecular flexibility index (Phi) is 5.26. The second-order valence-corrected chi connectivity index (χ2v) is 5.66. The van der Waals surface area contributed by atoms with Crippen molar-refractivity contribution in [1.29, 1.82) is 0 Å². The van der Waals surface area contributed by atoms with Crippen molar-refractivity contribution in [3.63, 3.8) is 0 Å². The van der Waals surface area contributed by atoms with Crippen molar-refractivity contribution in [1.82, 2.24) is 9.97 Å². The molecule has 2 rings (SSSR count). The van der Waals surface area contributed by atoms with Gasteiger partial charge in [0.2, 0.25) is 5.88 Å². The lowest BCUT2D eigenvalue weighted by molar-refractivity contribution is 0.455. The monoisotopic (exact) mass is 308 g/mol. The molecule has 0 aliphatic heterocycles. The van der Waals surface area contributed by atoms with Crippen LogP contribution in [0.2, 0.25) is 5.15 Å². The third-order valence-corrected chi connectivity index (χ3v) is 3.86. The molecule has 0 fully saturated rings. The molecule has 3 nitrogen and oxygen atoms in total. The third-order valence-electron chi connectivity index (χ3n) is 3.12. The second kappa shape index (κ2) is 6.95. The van der Waals surface area contributed by atoms with E-state index in [4.69, 9.17) is 16.3 Å². The fourth-order valence-corrected chi connectivity index (χ4v) is 2.34. The molecule has 5 heteroatoms. The van der Waals surface area contributed by atoms with Crippen LogP contribution in [-0.4, -0.2) is 16.2 Å². The van der Waals surface area contributed by atoms with Crippen LogP contribution in [0.5, 0.6) is 11.6 Å². The van der Waals surface area contributed by atoms with Crippen molar-refractivity contribution >= 4 is 23.4 Å². The maximum atomic E-state index is 5.94. The molecule has 0 aliphatic rings. The van der Waals surface area contributed by atoms with Crippen molar-refractivity contribution < 1.29 is 4.74 Å². The molecule has 0 aliphatic carbocycles. The highest BCUT2D eigenvalue weighted by atomic mass is 35.5. The zero-order valence-electron chi connectivity index (χ0n) is 11.8. The van der Waals surface area contributed by atoms with Gasteiger partial charge in [-0.3, -0.25) is 0 Å². The Hall–Kier alpha value is -1.26. The van der Waals surface area contributed by atoms with Crippen LogP contribution in [0.15, 0.2) is 35.5 Å². The van der Waals surface area contributed by atoms with Gasteiger partial charge in [-0.1, -0.05) is 49.3 Å². The number of benzene rings is 1. The van der Waals surface area contributed by atoms with Gasteiger partial charge in [0.05, 0.1) is 0 Å². The number of nitrogens with zero attached hydrogens (tertiary/aromatic N) is 2. The lowest BCUT2D eigenvalue weighted by Gasteiger charge is -2.10. The van der Waals surface area contributed by atoms with Gasteiger partial charge in [-0.05, 0) is 36.3 Å². The minimum absolute atomic E-state index is 0.385. The molecule has 1 unspecified atom stereocenters. The first-order valence-corrected chi connectivity index (χ1v) is 8.09. The Balaban J connectivity index is 2.15. The maximum absolute atomic E-state index is 5.94. The van der Waals surface area contributed by atoms with E-state index in [0.29, 0.717) is 22.1 Å². The molecule has 1 aromatic heterocycles. The van der Waals surface area contributed by atoms with Crippen LogP contribution in [0.1, 0.15) is 31.7 Å². The maximum Gasteiger partial charge on any atom is 0.224 e. The number of hydrogen-bond acceptors (Lipinski definition) is 4. The fourth-order valence-electron chi connectivity index (χ4n) is 1.74. The Labute approximate surface area is 128 Å². The molecular weight excluding hydrogens is 292 g/mol. The molecule has 106 valence electrons. The Morgan fingerprint density at radius 1 is 1.25 bits per heavy atom. The normalized spacial score (nSPS) is 12.2. The van der Waals surface area contributed by atoms with Gasteiger partial charge in [-0.25, -0.2) is 4.98 Å². The molecule has 0 spiro atoms. The predicted molar refractivity (Wildman–Crippen MR) is 84.0 cm³/mol. The van der Waals surface area contributed by atoms with E-state index in [1.165, 1.54) is 17.3 Å². The van der Waals surface area contributed by atoms with Crippen LogP contribution in [0.3, 0.4) is 0 Å². The summed E-state index contributed by atoms with van der Waals surface area (Å²) >= 11 is 7.37. The van der Waals surface area contributed by atoms with Crippen LogP contribution in [-0.2, 0) is 0 Å². The molecular formula is C15H17ClN2OS. The second-order valence-electron chi connectivity index (χ2n) is 4.50. The van der Waals surface area contributed by atoms with Gasteiger partial charge in [0.1, 0.15) is 10.9 Å². The topological polar surface area (TPSA) is 35.0 Å². The van der Waals surface area contributed by atoms with Crippen LogP contribution in [0.25, 0.3) is 0 Å². The Bertz CT molecular complexity index is 575. The number of halogens is 1. The van der Waals surface area contributed by atoms with E-state index in [-0.39, 0.29) is 0 Å². The molecule has 20 heavy (non-hydrogen) atoms. The highest BCUT2D eigenvalue weighted by Crippen LogP contribution is 2.26. The first-order valence-electron chi connectivity index (χ1n) is 6.48. The van der Waals surface area contributed by atoms with Crippen LogP contribution < -0.4 is 4.74 Å². The minimum Gasteiger partial charge on any atom is -0.439 e. The van der Waals surface area contributed by atoms with Gasteiger partial charge in [0.15, 0.2) is 5.16 Å². The predicted octanol–water partition coefficient (Wildman–Crippen LogP) is 5.16. The molecule has 0 bridgehead atoms. The molecule has 0 saturated carbocycles.